The number of non-ortho nitro benzene ring substituents is 1. The van der Waals surface area contributed by atoms with E-state index >= 15 is 0 Å². The number of rotatable bonds is 12. The van der Waals surface area contributed by atoms with E-state index < -0.39 is 94.7 Å². The Morgan fingerprint density at radius 2 is 1.42 bits per heavy atom. The molecule has 5 atom stereocenters. The minimum atomic E-state index is -1.74. The first-order valence-corrected chi connectivity index (χ1v) is 13.5. The highest BCUT2D eigenvalue weighted by molar-refractivity contribution is 6.01. The SMILES string of the molecule is CC(=O)OC[C@@H]1O[C@@H](Oc2cc(O)cc(O)c2C(=O)CCc2ccc([N+](=O)[O-])cc2)[C@@H](OC(C)=O)[C@H](OC(C)=O)[C@H]1OC(C)=O. The molecule has 0 radical (unpaired) electrons. The fourth-order valence-electron chi connectivity index (χ4n) is 4.54. The molecular formula is C29H31NO15. The van der Waals surface area contributed by atoms with Crippen molar-refractivity contribution < 1.29 is 67.5 Å². The maximum absolute atomic E-state index is 13.3. The summed E-state index contributed by atoms with van der Waals surface area (Å²) >= 11 is 0. The Morgan fingerprint density at radius 3 is 1.98 bits per heavy atom. The van der Waals surface area contributed by atoms with Crippen LogP contribution >= 0.6 is 0 Å². The number of hydrogen-bond donors (Lipinski definition) is 2. The number of hydrogen-bond acceptors (Lipinski definition) is 15. The topological polar surface area (TPSA) is 224 Å². The standard InChI is InChI=1S/C29H31NO15/c1-14(31)40-13-24-26(41-15(2)32)27(42-16(3)33)28(43-17(4)34)29(45-24)44-23-12-20(35)11-22(37)25(23)21(36)10-7-18-5-8-19(9-6-18)30(38)39/h5-6,8-9,11-12,24,26-29,35,37H,7,10,13H2,1-4H3/t24-,26-,27+,28-,29+/m0/s1. The van der Waals surface area contributed by atoms with E-state index in [0.717, 1.165) is 39.8 Å². The van der Waals surface area contributed by atoms with Gasteiger partial charge in [0.2, 0.25) is 12.4 Å². The zero-order chi connectivity index (χ0) is 33.4. The molecule has 0 aliphatic carbocycles. The van der Waals surface area contributed by atoms with E-state index in [1.54, 1.807) is 0 Å². The number of nitro groups is 1. The average molecular weight is 634 g/mol. The Morgan fingerprint density at radius 1 is 0.844 bits per heavy atom. The first kappa shape index (κ1) is 34.2. The van der Waals surface area contributed by atoms with Gasteiger partial charge in [0.15, 0.2) is 18.0 Å². The van der Waals surface area contributed by atoms with Crippen LogP contribution in [-0.4, -0.2) is 82.1 Å². The van der Waals surface area contributed by atoms with Gasteiger partial charge < -0.3 is 38.6 Å². The summed E-state index contributed by atoms with van der Waals surface area (Å²) < 4.78 is 32.8. The molecule has 2 aromatic rings. The Kier molecular flexibility index (Phi) is 11.4. The van der Waals surface area contributed by atoms with Crippen LogP contribution in [0.1, 0.15) is 50.0 Å². The molecule has 16 nitrogen and oxygen atoms in total. The minimum Gasteiger partial charge on any atom is -0.508 e. The maximum atomic E-state index is 13.3. The molecular weight excluding hydrogens is 602 g/mol. The lowest BCUT2D eigenvalue weighted by Crippen LogP contribution is -2.63. The lowest BCUT2D eigenvalue weighted by molar-refractivity contribution is -0.384. The van der Waals surface area contributed by atoms with E-state index in [1.807, 2.05) is 0 Å². The Hall–Kier alpha value is -5.25. The smallest absolute Gasteiger partial charge is 0.303 e. The van der Waals surface area contributed by atoms with Crippen LogP contribution in [-0.2, 0) is 49.3 Å². The van der Waals surface area contributed by atoms with Crippen LogP contribution in [0.4, 0.5) is 5.69 Å². The van der Waals surface area contributed by atoms with Crippen molar-refractivity contribution >= 4 is 35.3 Å². The quantitative estimate of drug-likeness (QED) is 0.112. The largest absolute Gasteiger partial charge is 0.508 e. The number of Topliss-reactive ketones (excluding diaryl/α,β-unsaturated/α-hetero) is 1. The molecule has 0 amide bonds. The van der Waals surface area contributed by atoms with Crippen molar-refractivity contribution in [2.24, 2.45) is 0 Å². The summed E-state index contributed by atoms with van der Waals surface area (Å²) in [5, 5.41) is 31.8. The van der Waals surface area contributed by atoms with Crippen LogP contribution < -0.4 is 4.74 Å². The van der Waals surface area contributed by atoms with E-state index in [9.17, 15) is 44.3 Å². The third-order valence-corrected chi connectivity index (χ3v) is 6.32. The minimum absolute atomic E-state index is 0.107. The lowest BCUT2D eigenvalue weighted by Gasteiger charge is -2.44. The molecule has 45 heavy (non-hydrogen) atoms. The van der Waals surface area contributed by atoms with Gasteiger partial charge in [0.25, 0.3) is 5.69 Å². The number of ether oxygens (including phenoxy) is 6. The van der Waals surface area contributed by atoms with E-state index in [2.05, 4.69) is 0 Å². The summed E-state index contributed by atoms with van der Waals surface area (Å²) in [5.74, 6) is -5.65. The molecule has 0 aromatic heterocycles. The predicted molar refractivity (Wildman–Crippen MR) is 148 cm³/mol. The van der Waals surface area contributed by atoms with Crippen LogP contribution in [0.5, 0.6) is 17.2 Å². The molecule has 2 N–H and O–H groups in total. The van der Waals surface area contributed by atoms with Crippen molar-refractivity contribution in [1.29, 1.82) is 0 Å². The van der Waals surface area contributed by atoms with Crippen molar-refractivity contribution in [3.05, 3.63) is 57.6 Å². The second-order valence-electron chi connectivity index (χ2n) is 9.87. The fourth-order valence-corrected chi connectivity index (χ4v) is 4.54. The number of nitro benzene ring substituents is 1. The van der Waals surface area contributed by atoms with E-state index in [1.165, 1.54) is 24.3 Å². The third-order valence-electron chi connectivity index (χ3n) is 6.32. The number of carbonyl (C=O) groups excluding carboxylic acids is 5. The number of aryl methyl sites for hydroxylation is 1. The Bertz CT molecular complexity index is 1450. The first-order chi connectivity index (χ1) is 21.2. The maximum Gasteiger partial charge on any atom is 0.303 e. The summed E-state index contributed by atoms with van der Waals surface area (Å²) in [6.07, 6.45) is -7.88. The highest BCUT2D eigenvalue weighted by atomic mass is 16.7. The molecule has 1 aliphatic rings. The zero-order valence-corrected chi connectivity index (χ0v) is 24.6. The van der Waals surface area contributed by atoms with E-state index in [4.69, 9.17) is 28.4 Å². The number of esters is 4. The van der Waals surface area contributed by atoms with Crippen LogP contribution in [0.2, 0.25) is 0 Å². The van der Waals surface area contributed by atoms with Gasteiger partial charge in [-0.3, -0.25) is 34.1 Å². The van der Waals surface area contributed by atoms with Gasteiger partial charge in [0, 0.05) is 58.4 Å². The van der Waals surface area contributed by atoms with Crippen LogP contribution in [0.15, 0.2) is 36.4 Å². The second-order valence-corrected chi connectivity index (χ2v) is 9.87. The summed E-state index contributed by atoms with van der Waals surface area (Å²) in [7, 11) is 0. The summed E-state index contributed by atoms with van der Waals surface area (Å²) in [4.78, 5) is 71.4. The number of benzene rings is 2. The number of carbonyl (C=O) groups is 5. The highest BCUT2D eigenvalue weighted by Crippen LogP contribution is 2.37. The van der Waals surface area contributed by atoms with Crippen molar-refractivity contribution in [3.8, 4) is 17.2 Å². The number of aromatic hydroxyl groups is 2. The summed E-state index contributed by atoms with van der Waals surface area (Å²) in [6.45, 7) is 3.69. The fraction of sp³-hybridized carbons (Fsp3) is 0.414. The summed E-state index contributed by atoms with van der Waals surface area (Å²) in [5.41, 5.74) is 0.0404. The number of nitrogens with zero attached hydrogens (tertiary/aromatic N) is 1. The Balaban J connectivity index is 2.00. The van der Waals surface area contributed by atoms with Crippen molar-refractivity contribution in [3.63, 3.8) is 0 Å². The summed E-state index contributed by atoms with van der Waals surface area (Å²) in [6, 6.07) is 7.36. The molecule has 2 aromatic carbocycles. The predicted octanol–water partition coefficient (Wildman–Crippen LogP) is 2.28. The lowest BCUT2D eigenvalue weighted by atomic mass is 9.97. The molecule has 1 saturated heterocycles. The van der Waals surface area contributed by atoms with Gasteiger partial charge in [-0.15, -0.1) is 0 Å². The molecule has 242 valence electrons. The normalized spacial score (nSPS) is 20.8. The van der Waals surface area contributed by atoms with Gasteiger partial charge in [-0.2, -0.15) is 0 Å². The highest BCUT2D eigenvalue weighted by Gasteiger charge is 2.53. The monoisotopic (exact) mass is 633 g/mol. The number of phenolic OH excluding ortho intramolecular Hbond substituents is 2. The third kappa shape index (κ3) is 9.37. The van der Waals surface area contributed by atoms with Gasteiger partial charge in [0.05, 0.1) is 4.92 Å². The van der Waals surface area contributed by atoms with Crippen molar-refractivity contribution in [2.75, 3.05) is 6.61 Å². The van der Waals surface area contributed by atoms with E-state index in [-0.39, 0.29) is 18.5 Å². The average Bonchev–Trinajstić information content (AvgIpc) is 2.93. The van der Waals surface area contributed by atoms with Gasteiger partial charge >= 0.3 is 23.9 Å². The van der Waals surface area contributed by atoms with Crippen LogP contribution in [0, 0.1) is 10.1 Å². The van der Waals surface area contributed by atoms with Gasteiger partial charge in [-0.05, 0) is 12.0 Å². The number of ketones is 1. The molecule has 0 bridgehead atoms. The van der Waals surface area contributed by atoms with Gasteiger partial charge in [0.1, 0.15) is 35.5 Å². The van der Waals surface area contributed by atoms with Crippen LogP contribution in [0.3, 0.4) is 0 Å². The zero-order valence-electron chi connectivity index (χ0n) is 24.6. The molecule has 0 saturated carbocycles. The molecule has 0 unspecified atom stereocenters. The number of phenols is 2. The molecule has 3 rings (SSSR count). The molecule has 1 aliphatic heterocycles. The van der Waals surface area contributed by atoms with Gasteiger partial charge in [-0.25, -0.2) is 0 Å². The van der Waals surface area contributed by atoms with Crippen LogP contribution in [0.25, 0.3) is 0 Å². The molecule has 16 heteroatoms. The van der Waals surface area contributed by atoms with Crippen molar-refractivity contribution in [1.82, 2.24) is 0 Å². The second kappa shape index (κ2) is 15.0. The molecule has 1 fully saturated rings. The van der Waals surface area contributed by atoms with Gasteiger partial charge in [-0.1, -0.05) is 12.1 Å². The molecule has 1 heterocycles. The van der Waals surface area contributed by atoms with Crippen molar-refractivity contribution in [2.45, 2.75) is 71.2 Å². The Labute approximate surface area is 255 Å². The molecule has 0 spiro atoms. The first-order valence-electron chi connectivity index (χ1n) is 13.5. The van der Waals surface area contributed by atoms with E-state index in [0.29, 0.717) is 5.56 Å².